The molecule has 2 aliphatic carbocycles. The monoisotopic (exact) mass is 271 g/mol. The summed E-state index contributed by atoms with van der Waals surface area (Å²) < 4.78 is 0. The lowest BCUT2D eigenvalue weighted by Crippen LogP contribution is -2.25. The first-order valence-corrected chi connectivity index (χ1v) is 8.56. The van der Waals surface area contributed by atoms with Crippen molar-refractivity contribution >= 4 is 0 Å². The number of rotatable bonds is 4. The largest absolute Gasteiger partial charge is 0.193 e. The lowest BCUT2D eigenvalue weighted by Gasteiger charge is -2.37. The Morgan fingerprint density at radius 2 is 1.50 bits per heavy atom. The van der Waals surface area contributed by atoms with Crippen LogP contribution in [-0.2, 0) is 0 Å². The Labute approximate surface area is 124 Å². The van der Waals surface area contributed by atoms with Gasteiger partial charge in [-0.2, -0.15) is 5.26 Å². The smallest absolute Gasteiger partial charge is 0.0912 e. The van der Waals surface area contributed by atoms with Crippen LogP contribution in [-0.4, -0.2) is 0 Å². The maximum Gasteiger partial charge on any atom is 0.0912 e. The van der Waals surface area contributed by atoms with Gasteiger partial charge in [0.25, 0.3) is 0 Å². The summed E-state index contributed by atoms with van der Waals surface area (Å²) in [6.45, 7) is 2.35. The van der Waals surface area contributed by atoms with Gasteiger partial charge >= 0.3 is 0 Å². The lowest BCUT2D eigenvalue weighted by atomic mass is 9.69. The quantitative estimate of drug-likeness (QED) is 0.479. The summed E-state index contributed by atoms with van der Waals surface area (Å²) in [7, 11) is 0. The summed E-state index contributed by atoms with van der Waals surface area (Å²) in [5, 5.41) is 8.45. The van der Waals surface area contributed by atoms with E-state index in [2.05, 4.69) is 19.1 Å². The van der Waals surface area contributed by atoms with Crippen LogP contribution in [0.4, 0.5) is 0 Å². The minimum absolute atomic E-state index is 0.751. The van der Waals surface area contributed by atoms with Gasteiger partial charge in [0.2, 0.25) is 0 Å². The molecule has 0 unspecified atom stereocenters. The molecule has 110 valence electrons. The number of nitrogens with zero attached hydrogens (tertiary/aromatic N) is 1. The third-order valence-electron chi connectivity index (χ3n) is 5.62. The van der Waals surface area contributed by atoms with Crippen LogP contribution < -0.4 is 0 Å². The normalized spacial score (nSPS) is 35.4. The molecule has 0 bridgehead atoms. The van der Waals surface area contributed by atoms with Gasteiger partial charge in [-0.25, -0.2) is 0 Å². The second-order valence-corrected chi connectivity index (χ2v) is 6.74. The van der Waals surface area contributed by atoms with Gasteiger partial charge in [-0.05, 0) is 62.2 Å². The molecular weight excluding hydrogens is 242 g/mol. The van der Waals surface area contributed by atoms with Crippen molar-refractivity contribution < 1.29 is 0 Å². The molecule has 0 atom stereocenters. The zero-order valence-corrected chi connectivity index (χ0v) is 12.9. The molecule has 0 aromatic carbocycles. The van der Waals surface area contributed by atoms with Crippen molar-refractivity contribution in [3.8, 4) is 6.07 Å². The molecule has 2 aliphatic rings. The van der Waals surface area contributed by atoms with Gasteiger partial charge in [-0.15, -0.1) is 0 Å². The van der Waals surface area contributed by atoms with E-state index >= 15 is 0 Å². The predicted octanol–water partition coefficient (Wildman–Crippen LogP) is 5.65. The average Bonchev–Trinajstić information content (AvgIpc) is 2.52. The molecule has 0 saturated heterocycles. The Hall–Kier alpha value is -1.03. The average molecular weight is 271 g/mol. The molecule has 20 heavy (non-hydrogen) atoms. The minimum atomic E-state index is 0.751. The van der Waals surface area contributed by atoms with Crippen LogP contribution in [0, 0.1) is 35.0 Å². The highest BCUT2D eigenvalue weighted by atomic mass is 14.3. The Kier molecular flexibility index (Phi) is 6.37. The van der Waals surface area contributed by atoms with Gasteiger partial charge in [0.1, 0.15) is 0 Å². The predicted molar refractivity (Wildman–Crippen MR) is 85.1 cm³/mol. The topological polar surface area (TPSA) is 23.8 Å². The van der Waals surface area contributed by atoms with Crippen LogP contribution in [0.15, 0.2) is 24.3 Å². The maximum atomic E-state index is 8.45. The molecule has 0 amide bonds. The zero-order valence-electron chi connectivity index (χ0n) is 12.9. The van der Waals surface area contributed by atoms with Crippen molar-refractivity contribution in [2.24, 2.45) is 23.7 Å². The number of hydrogen-bond donors (Lipinski definition) is 0. The van der Waals surface area contributed by atoms with Gasteiger partial charge in [-0.3, -0.25) is 0 Å². The van der Waals surface area contributed by atoms with Gasteiger partial charge < -0.3 is 0 Å². The third-order valence-corrected chi connectivity index (χ3v) is 5.62. The van der Waals surface area contributed by atoms with Gasteiger partial charge in [0, 0.05) is 6.08 Å². The first-order valence-electron chi connectivity index (χ1n) is 8.56. The third kappa shape index (κ3) is 4.51. The van der Waals surface area contributed by atoms with Crippen LogP contribution in [0.3, 0.4) is 0 Å². The van der Waals surface area contributed by atoms with Crippen LogP contribution in [0.25, 0.3) is 0 Å². The van der Waals surface area contributed by atoms with Crippen molar-refractivity contribution in [1.82, 2.24) is 0 Å². The van der Waals surface area contributed by atoms with Crippen molar-refractivity contribution in [3.05, 3.63) is 24.3 Å². The minimum Gasteiger partial charge on any atom is -0.193 e. The van der Waals surface area contributed by atoms with Gasteiger partial charge in [0.05, 0.1) is 6.07 Å². The molecule has 2 fully saturated rings. The van der Waals surface area contributed by atoms with E-state index < -0.39 is 0 Å². The van der Waals surface area contributed by atoms with E-state index in [1.807, 2.05) is 12.1 Å². The SMILES string of the molecule is CC[C@H]1CC[C@H](C2CCC(C=CC=CC#N)CC2)CC1. The fourth-order valence-electron chi connectivity index (χ4n) is 4.20. The highest BCUT2D eigenvalue weighted by Gasteiger charge is 2.29. The van der Waals surface area contributed by atoms with Crippen molar-refractivity contribution in [1.29, 1.82) is 5.26 Å². The van der Waals surface area contributed by atoms with E-state index in [4.69, 9.17) is 5.26 Å². The van der Waals surface area contributed by atoms with E-state index in [9.17, 15) is 0 Å². The molecule has 2 rings (SSSR count). The molecule has 1 nitrogen and oxygen atoms in total. The fraction of sp³-hybridized carbons (Fsp3) is 0.737. The van der Waals surface area contributed by atoms with Crippen molar-refractivity contribution in [2.45, 2.75) is 64.7 Å². The molecule has 1 heteroatoms. The summed E-state index contributed by atoms with van der Waals surface area (Å²) in [5.74, 6) is 3.81. The second-order valence-electron chi connectivity index (χ2n) is 6.74. The number of hydrogen-bond acceptors (Lipinski definition) is 1. The van der Waals surface area contributed by atoms with Crippen molar-refractivity contribution in [3.63, 3.8) is 0 Å². The van der Waals surface area contributed by atoms with Crippen LogP contribution >= 0.6 is 0 Å². The van der Waals surface area contributed by atoms with Crippen LogP contribution in [0.1, 0.15) is 64.7 Å². The second kappa shape index (κ2) is 8.30. The lowest BCUT2D eigenvalue weighted by molar-refractivity contribution is 0.154. The molecule has 0 radical (unpaired) electrons. The summed E-state index contributed by atoms with van der Waals surface area (Å²) in [6.07, 6.45) is 20.7. The molecule has 0 spiro atoms. The maximum absolute atomic E-state index is 8.45. The molecular formula is C19H29N. The van der Waals surface area contributed by atoms with Crippen molar-refractivity contribution in [2.75, 3.05) is 0 Å². The van der Waals surface area contributed by atoms with E-state index in [-0.39, 0.29) is 0 Å². The van der Waals surface area contributed by atoms with Crippen LogP contribution in [0.2, 0.25) is 0 Å². The molecule has 2 saturated carbocycles. The van der Waals surface area contributed by atoms with E-state index in [1.165, 1.54) is 57.8 Å². The standard InChI is InChI=1S/C19H29N/c1-2-16-7-11-18(12-8-16)19-13-9-17(10-14-19)6-4-3-5-15-20/h3-6,16-19H,2,7-14H2,1H3/t16-,17?,18-,19?. The van der Waals surface area contributed by atoms with E-state index in [0.717, 1.165) is 23.7 Å². The van der Waals surface area contributed by atoms with Gasteiger partial charge in [0.15, 0.2) is 0 Å². The molecule has 0 aromatic heterocycles. The van der Waals surface area contributed by atoms with Crippen LogP contribution in [0.5, 0.6) is 0 Å². The fourth-order valence-corrected chi connectivity index (χ4v) is 4.20. The highest BCUT2D eigenvalue weighted by Crippen LogP contribution is 2.42. The Balaban J connectivity index is 1.71. The Morgan fingerprint density at radius 1 is 0.900 bits per heavy atom. The van der Waals surface area contributed by atoms with Gasteiger partial charge in [-0.1, -0.05) is 44.4 Å². The first kappa shape index (κ1) is 15.4. The number of allylic oxidation sites excluding steroid dienone is 4. The first-order chi connectivity index (χ1) is 9.83. The molecule has 0 aromatic rings. The summed E-state index contributed by atoms with van der Waals surface area (Å²) >= 11 is 0. The summed E-state index contributed by atoms with van der Waals surface area (Å²) in [4.78, 5) is 0. The molecule has 0 heterocycles. The summed E-state index contributed by atoms with van der Waals surface area (Å²) in [6, 6.07) is 2.03. The molecule has 0 N–H and O–H groups in total. The van der Waals surface area contributed by atoms with E-state index in [1.54, 1.807) is 6.08 Å². The number of nitriles is 1. The molecule has 0 aliphatic heterocycles. The zero-order chi connectivity index (χ0) is 14.2. The Bertz CT molecular complexity index is 358. The highest BCUT2D eigenvalue weighted by molar-refractivity contribution is 5.12. The van der Waals surface area contributed by atoms with E-state index in [0.29, 0.717) is 0 Å². The summed E-state index contributed by atoms with van der Waals surface area (Å²) in [5.41, 5.74) is 0. The Morgan fingerprint density at radius 3 is 2.05 bits per heavy atom.